The van der Waals surface area contributed by atoms with Gasteiger partial charge < -0.3 is 19.5 Å². The molecule has 0 atom stereocenters. The molecule has 0 saturated carbocycles. The Bertz CT molecular complexity index is 727. The van der Waals surface area contributed by atoms with E-state index in [1.165, 1.54) is 4.90 Å². The number of para-hydroxylation sites is 1. The molecule has 1 aromatic carbocycles. The molecule has 0 aliphatic heterocycles. The molecule has 0 spiro atoms. The van der Waals surface area contributed by atoms with Crippen molar-refractivity contribution in [3.63, 3.8) is 0 Å². The summed E-state index contributed by atoms with van der Waals surface area (Å²) in [5.74, 6) is 1.34. The highest BCUT2D eigenvalue weighted by Crippen LogP contribution is 2.16. The third-order valence-electron chi connectivity index (χ3n) is 3.59. The minimum Gasteiger partial charge on any atom is -0.493 e. The molecule has 0 radical (unpaired) electrons. The third-order valence-corrected chi connectivity index (χ3v) is 3.59. The van der Waals surface area contributed by atoms with E-state index in [2.05, 4.69) is 10.5 Å². The average Bonchev–Trinajstić information content (AvgIpc) is 2.97. The molecule has 1 heterocycles. The highest BCUT2D eigenvalue weighted by atomic mass is 16.5. The number of hydrogen-bond donors (Lipinski definition) is 1. The maximum absolute atomic E-state index is 12.1. The molecule has 2 amide bonds. The molecule has 0 unspecified atom stereocenters. The fourth-order valence-electron chi connectivity index (χ4n) is 2.23. The van der Waals surface area contributed by atoms with Gasteiger partial charge in [0.2, 0.25) is 11.8 Å². The van der Waals surface area contributed by atoms with Crippen molar-refractivity contribution in [3.8, 4) is 5.75 Å². The zero-order chi connectivity index (χ0) is 18.2. The number of likely N-dealkylation sites (N-methyl/N-ethyl adjacent to an activating group) is 1. The maximum Gasteiger partial charge on any atom is 0.245 e. The van der Waals surface area contributed by atoms with Gasteiger partial charge in [-0.05, 0) is 31.9 Å². The van der Waals surface area contributed by atoms with E-state index in [0.717, 1.165) is 11.3 Å². The van der Waals surface area contributed by atoms with Gasteiger partial charge in [0.05, 0.1) is 13.2 Å². The predicted octanol–water partition coefficient (Wildman–Crippen LogP) is 2.55. The van der Waals surface area contributed by atoms with Gasteiger partial charge in [0, 0.05) is 19.5 Å². The van der Waals surface area contributed by atoms with Gasteiger partial charge in [-0.1, -0.05) is 23.4 Å². The van der Waals surface area contributed by atoms with Gasteiger partial charge in [-0.15, -0.1) is 0 Å². The Hall–Kier alpha value is -2.83. The Labute approximate surface area is 146 Å². The quantitative estimate of drug-likeness (QED) is 0.743. The topological polar surface area (TPSA) is 84.7 Å². The van der Waals surface area contributed by atoms with Crippen LogP contribution in [0.1, 0.15) is 24.2 Å². The number of carbonyl (C=O) groups is 2. The Balaban J connectivity index is 1.67. The summed E-state index contributed by atoms with van der Waals surface area (Å²) >= 11 is 0. The number of carbonyl (C=O) groups excluding carboxylic acids is 2. The predicted molar refractivity (Wildman–Crippen MR) is 93.4 cm³/mol. The van der Waals surface area contributed by atoms with Crippen molar-refractivity contribution in [1.82, 2.24) is 10.1 Å². The van der Waals surface area contributed by atoms with Crippen molar-refractivity contribution in [2.24, 2.45) is 0 Å². The van der Waals surface area contributed by atoms with Crippen LogP contribution in [0.15, 0.2) is 34.9 Å². The zero-order valence-corrected chi connectivity index (χ0v) is 14.7. The average molecular weight is 345 g/mol. The van der Waals surface area contributed by atoms with Gasteiger partial charge in [0.1, 0.15) is 11.5 Å². The van der Waals surface area contributed by atoms with Crippen molar-refractivity contribution in [1.29, 1.82) is 0 Å². The first-order valence-corrected chi connectivity index (χ1v) is 8.11. The minimum absolute atomic E-state index is 0.0383. The lowest BCUT2D eigenvalue weighted by atomic mass is 10.2. The molecule has 7 nitrogen and oxygen atoms in total. The maximum atomic E-state index is 12.1. The van der Waals surface area contributed by atoms with Crippen molar-refractivity contribution >= 4 is 17.6 Å². The second-order valence-electron chi connectivity index (χ2n) is 5.84. The molecule has 25 heavy (non-hydrogen) atoms. The number of benzene rings is 1. The summed E-state index contributed by atoms with van der Waals surface area (Å²) < 4.78 is 10.5. The van der Waals surface area contributed by atoms with Crippen molar-refractivity contribution in [3.05, 3.63) is 41.7 Å². The van der Waals surface area contributed by atoms with Crippen LogP contribution in [0.5, 0.6) is 5.75 Å². The van der Waals surface area contributed by atoms with Crippen LogP contribution in [-0.4, -0.2) is 42.1 Å². The van der Waals surface area contributed by atoms with Crippen LogP contribution >= 0.6 is 0 Å². The van der Waals surface area contributed by atoms with Gasteiger partial charge in [0.15, 0.2) is 5.82 Å². The minimum atomic E-state index is -0.319. The summed E-state index contributed by atoms with van der Waals surface area (Å²) in [7, 11) is 1.60. The van der Waals surface area contributed by atoms with Crippen LogP contribution in [0, 0.1) is 13.8 Å². The lowest BCUT2D eigenvalue weighted by Gasteiger charge is -2.16. The first-order valence-electron chi connectivity index (χ1n) is 8.11. The number of nitrogens with one attached hydrogen (secondary N) is 1. The summed E-state index contributed by atoms with van der Waals surface area (Å²) in [6.45, 7) is 4.12. The van der Waals surface area contributed by atoms with E-state index in [1.54, 1.807) is 20.0 Å². The second kappa shape index (κ2) is 8.86. The van der Waals surface area contributed by atoms with Crippen LogP contribution in [0.25, 0.3) is 0 Å². The number of ether oxygens (including phenoxy) is 1. The van der Waals surface area contributed by atoms with Crippen molar-refractivity contribution in [2.75, 3.05) is 25.5 Å². The van der Waals surface area contributed by atoms with Gasteiger partial charge in [-0.2, -0.15) is 0 Å². The second-order valence-corrected chi connectivity index (χ2v) is 5.84. The highest BCUT2D eigenvalue weighted by Gasteiger charge is 2.14. The smallest absolute Gasteiger partial charge is 0.245 e. The van der Waals surface area contributed by atoms with Crippen LogP contribution in [0.4, 0.5) is 5.82 Å². The number of rotatable bonds is 8. The van der Waals surface area contributed by atoms with E-state index in [1.807, 2.05) is 31.2 Å². The zero-order valence-electron chi connectivity index (χ0n) is 14.7. The molecule has 0 fully saturated rings. The summed E-state index contributed by atoms with van der Waals surface area (Å²) in [6.07, 6.45) is 0.903. The molecule has 1 aromatic heterocycles. The van der Waals surface area contributed by atoms with Gasteiger partial charge in [-0.3, -0.25) is 9.59 Å². The fourth-order valence-corrected chi connectivity index (χ4v) is 2.23. The standard InChI is InChI=1S/C18H23N3O4/c1-13-7-4-5-8-15(13)24-10-6-9-18(23)21(3)12-17(22)19-16-11-14(2)25-20-16/h4-5,7-8,11H,6,9-10,12H2,1-3H3,(H,19,20,22). The molecular formula is C18H23N3O4. The van der Waals surface area contributed by atoms with E-state index in [9.17, 15) is 9.59 Å². The molecular weight excluding hydrogens is 322 g/mol. The van der Waals surface area contributed by atoms with Crippen LogP contribution in [-0.2, 0) is 9.59 Å². The monoisotopic (exact) mass is 345 g/mol. The van der Waals surface area contributed by atoms with E-state index in [0.29, 0.717) is 31.0 Å². The highest BCUT2D eigenvalue weighted by molar-refractivity contribution is 5.93. The summed E-state index contributed by atoms with van der Waals surface area (Å²) in [6, 6.07) is 9.35. The summed E-state index contributed by atoms with van der Waals surface area (Å²) in [5, 5.41) is 6.26. The Morgan fingerprint density at radius 1 is 1.28 bits per heavy atom. The molecule has 134 valence electrons. The molecule has 0 bridgehead atoms. The molecule has 0 aliphatic carbocycles. The normalized spacial score (nSPS) is 10.4. The van der Waals surface area contributed by atoms with Crippen LogP contribution < -0.4 is 10.1 Å². The van der Waals surface area contributed by atoms with Crippen LogP contribution in [0.2, 0.25) is 0 Å². The lowest BCUT2D eigenvalue weighted by Crippen LogP contribution is -2.35. The molecule has 1 N–H and O–H groups in total. The summed E-state index contributed by atoms with van der Waals surface area (Å²) in [5.41, 5.74) is 1.06. The van der Waals surface area contributed by atoms with Crippen molar-refractivity contribution < 1.29 is 18.8 Å². The van der Waals surface area contributed by atoms with Crippen molar-refractivity contribution in [2.45, 2.75) is 26.7 Å². The number of amides is 2. The molecule has 2 rings (SSSR count). The number of anilines is 1. The molecule has 2 aromatic rings. The molecule has 0 saturated heterocycles. The van der Waals surface area contributed by atoms with E-state index < -0.39 is 0 Å². The van der Waals surface area contributed by atoms with Gasteiger partial charge >= 0.3 is 0 Å². The van der Waals surface area contributed by atoms with E-state index in [4.69, 9.17) is 9.26 Å². The fraction of sp³-hybridized carbons (Fsp3) is 0.389. The summed E-state index contributed by atoms with van der Waals surface area (Å²) in [4.78, 5) is 25.3. The Morgan fingerprint density at radius 2 is 2.04 bits per heavy atom. The first-order chi connectivity index (χ1) is 12.0. The third kappa shape index (κ3) is 5.95. The molecule has 7 heteroatoms. The SMILES string of the molecule is Cc1cc(NC(=O)CN(C)C(=O)CCCOc2ccccc2C)no1. The number of aryl methyl sites for hydroxylation is 2. The first kappa shape index (κ1) is 18.5. The largest absolute Gasteiger partial charge is 0.493 e. The van der Waals surface area contributed by atoms with E-state index in [-0.39, 0.29) is 18.4 Å². The molecule has 0 aliphatic rings. The Morgan fingerprint density at radius 3 is 2.72 bits per heavy atom. The van der Waals surface area contributed by atoms with Crippen LogP contribution in [0.3, 0.4) is 0 Å². The van der Waals surface area contributed by atoms with E-state index >= 15 is 0 Å². The van der Waals surface area contributed by atoms with Gasteiger partial charge in [-0.25, -0.2) is 0 Å². The van der Waals surface area contributed by atoms with Gasteiger partial charge in [0.25, 0.3) is 0 Å². The lowest BCUT2D eigenvalue weighted by molar-refractivity contribution is -0.133. The number of hydrogen-bond acceptors (Lipinski definition) is 5. The Kier molecular flexibility index (Phi) is 6.56. The number of nitrogens with zero attached hydrogens (tertiary/aromatic N) is 2. The number of aromatic nitrogens is 1.